The number of hydrogen-bond donors (Lipinski definition) is 0. The summed E-state index contributed by atoms with van der Waals surface area (Å²) in [7, 11) is 0. The van der Waals surface area contributed by atoms with Gasteiger partial charge in [-0.2, -0.15) is 0 Å². The molecule has 0 saturated heterocycles. The summed E-state index contributed by atoms with van der Waals surface area (Å²) in [4.78, 5) is 11.5. The maximum Gasteiger partial charge on any atom is 0.271 e. The van der Waals surface area contributed by atoms with Gasteiger partial charge in [0, 0.05) is 23.3 Å². The fourth-order valence-electron chi connectivity index (χ4n) is 5.09. The molecule has 0 aliphatic rings. The number of benzene rings is 5. The number of aromatic nitrogens is 1. The minimum atomic E-state index is -0.340. The van der Waals surface area contributed by atoms with E-state index in [1.165, 1.54) is 6.07 Å². The molecule has 1 aromatic heterocycles. The summed E-state index contributed by atoms with van der Waals surface area (Å²) in [5.74, 6) is 0. The van der Waals surface area contributed by atoms with E-state index >= 15 is 0 Å². The number of hydrogen-bond acceptors (Lipinski definition) is 2. The smallest absolute Gasteiger partial charge is 0.271 e. The SMILES string of the molecule is O=[N+]([O-])c1cccc(-n2c(-c3ccccc3)c(-c3ccccc3)c(-c3ccccc3)c2-c2ccccc2)c1. The first kappa shape index (κ1) is 23.2. The lowest BCUT2D eigenvalue weighted by Gasteiger charge is -2.16. The molecule has 5 aromatic carbocycles. The van der Waals surface area contributed by atoms with Crippen molar-refractivity contribution >= 4 is 5.69 Å². The first-order valence-electron chi connectivity index (χ1n) is 12.5. The van der Waals surface area contributed by atoms with E-state index in [-0.39, 0.29) is 10.6 Å². The van der Waals surface area contributed by atoms with Crippen LogP contribution in [0.2, 0.25) is 0 Å². The Morgan fingerprint density at radius 2 is 0.868 bits per heavy atom. The summed E-state index contributed by atoms with van der Waals surface area (Å²) < 4.78 is 2.18. The Labute approximate surface area is 221 Å². The van der Waals surface area contributed by atoms with Gasteiger partial charge in [-0.05, 0) is 28.3 Å². The summed E-state index contributed by atoms with van der Waals surface area (Å²) in [6, 6.07) is 48.1. The van der Waals surface area contributed by atoms with Crippen LogP contribution in [0.4, 0.5) is 5.69 Å². The molecule has 0 unspecified atom stereocenters. The molecule has 0 N–H and O–H groups in total. The van der Waals surface area contributed by atoms with E-state index in [1.807, 2.05) is 78.9 Å². The normalized spacial score (nSPS) is 10.8. The third-order valence-electron chi connectivity index (χ3n) is 6.69. The van der Waals surface area contributed by atoms with Crippen LogP contribution in [0.25, 0.3) is 50.5 Å². The van der Waals surface area contributed by atoms with Crippen LogP contribution in [0.3, 0.4) is 0 Å². The summed E-state index contributed by atoms with van der Waals surface area (Å²) in [6.07, 6.45) is 0. The van der Waals surface area contributed by atoms with Gasteiger partial charge >= 0.3 is 0 Å². The molecule has 0 atom stereocenters. The van der Waals surface area contributed by atoms with Crippen molar-refractivity contribution < 1.29 is 4.92 Å². The highest BCUT2D eigenvalue weighted by atomic mass is 16.6. The van der Waals surface area contributed by atoms with Crippen LogP contribution in [0.1, 0.15) is 0 Å². The van der Waals surface area contributed by atoms with E-state index in [1.54, 1.807) is 12.1 Å². The maximum atomic E-state index is 11.8. The molecule has 38 heavy (non-hydrogen) atoms. The predicted octanol–water partition coefficient (Wildman–Crippen LogP) is 9.05. The van der Waals surface area contributed by atoms with Crippen molar-refractivity contribution in [3.63, 3.8) is 0 Å². The van der Waals surface area contributed by atoms with Crippen LogP contribution < -0.4 is 0 Å². The molecule has 0 spiro atoms. The Hall–Kier alpha value is -5.22. The Bertz CT molecular complexity index is 1610. The Morgan fingerprint density at radius 3 is 1.26 bits per heavy atom. The Balaban J connectivity index is 1.85. The average molecular weight is 493 g/mol. The summed E-state index contributed by atoms with van der Waals surface area (Å²) in [5.41, 5.74) is 9.10. The summed E-state index contributed by atoms with van der Waals surface area (Å²) >= 11 is 0. The molecule has 4 heteroatoms. The predicted molar refractivity (Wildman–Crippen MR) is 154 cm³/mol. The van der Waals surface area contributed by atoms with Crippen LogP contribution in [0, 0.1) is 10.1 Å². The highest BCUT2D eigenvalue weighted by molar-refractivity contribution is 6.03. The molecule has 0 saturated carbocycles. The first-order chi connectivity index (χ1) is 18.7. The molecule has 0 aliphatic carbocycles. The fraction of sp³-hybridized carbons (Fsp3) is 0. The van der Waals surface area contributed by atoms with Crippen molar-refractivity contribution in [3.05, 3.63) is 156 Å². The molecule has 1 heterocycles. The van der Waals surface area contributed by atoms with Gasteiger partial charge in [0.1, 0.15) is 0 Å². The molecule has 6 rings (SSSR count). The van der Waals surface area contributed by atoms with E-state index in [0.29, 0.717) is 0 Å². The van der Waals surface area contributed by atoms with Crippen LogP contribution in [-0.2, 0) is 0 Å². The maximum absolute atomic E-state index is 11.8. The van der Waals surface area contributed by atoms with Crippen molar-refractivity contribution in [1.29, 1.82) is 0 Å². The van der Waals surface area contributed by atoms with Gasteiger partial charge in [-0.15, -0.1) is 0 Å². The molecule has 0 bridgehead atoms. The van der Waals surface area contributed by atoms with Crippen molar-refractivity contribution in [1.82, 2.24) is 4.57 Å². The van der Waals surface area contributed by atoms with E-state index in [4.69, 9.17) is 0 Å². The molecule has 0 aliphatic heterocycles. The van der Waals surface area contributed by atoms with Gasteiger partial charge in [-0.3, -0.25) is 10.1 Å². The zero-order valence-electron chi connectivity index (χ0n) is 20.6. The van der Waals surface area contributed by atoms with Gasteiger partial charge in [0.05, 0.1) is 22.0 Å². The minimum absolute atomic E-state index is 0.0525. The van der Waals surface area contributed by atoms with Gasteiger partial charge in [-0.1, -0.05) is 127 Å². The third-order valence-corrected chi connectivity index (χ3v) is 6.69. The van der Waals surface area contributed by atoms with E-state index in [9.17, 15) is 10.1 Å². The number of nitrogens with zero attached hydrogens (tertiary/aromatic N) is 2. The second-order valence-corrected chi connectivity index (χ2v) is 9.02. The molecule has 182 valence electrons. The molecule has 6 aromatic rings. The zero-order chi connectivity index (χ0) is 25.9. The Kier molecular flexibility index (Phi) is 6.12. The highest BCUT2D eigenvalue weighted by Gasteiger charge is 2.28. The van der Waals surface area contributed by atoms with Gasteiger partial charge < -0.3 is 4.57 Å². The van der Waals surface area contributed by atoms with Crippen molar-refractivity contribution in [2.45, 2.75) is 0 Å². The topological polar surface area (TPSA) is 48.1 Å². The highest BCUT2D eigenvalue weighted by Crippen LogP contribution is 2.49. The number of rotatable bonds is 6. The lowest BCUT2D eigenvalue weighted by molar-refractivity contribution is -0.384. The van der Waals surface area contributed by atoms with Gasteiger partial charge in [0.25, 0.3) is 5.69 Å². The quantitative estimate of drug-likeness (QED) is 0.172. The van der Waals surface area contributed by atoms with E-state index in [0.717, 1.165) is 50.5 Å². The molecule has 4 nitrogen and oxygen atoms in total. The average Bonchev–Trinajstić information content (AvgIpc) is 3.35. The van der Waals surface area contributed by atoms with Crippen molar-refractivity contribution in [3.8, 4) is 50.5 Å². The Morgan fingerprint density at radius 1 is 0.474 bits per heavy atom. The van der Waals surface area contributed by atoms with Crippen molar-refractivity contribution in [2.75, 3.05) is 0 Å². The van der Waals surface area contributed by atoms with E-state index in [2.05, 4.69) is 53.1 Å². The molecule has 0 amide bonds. The van der Waals surface area contributed by atoms with Gasteiger partial charge in [0.2, 0.25) is 0 Å². The van der Waals surface area contributed by atoms with Crippen LogP contribution in [0.15, 0.2) is 146 Å². The molecular weight excluding hydrogens is 468 g/mol. The van der Waals surface area contributed by atoms with Gasteiger partial charge in [-0.25, -0.2) is 0 Å². The number of nitro groups is 1. The second-order valence-electron chi connectivity index (χ2n) is 9.02. The van der Waals surface area contributed by atoms with Gasteiger partial charge in [0.15, 0.2) is 0 Å². The van der Waals surface area contributed by atoms with Crippen LogP contribution >= 0.6 is 0 Å². The molecule has 0 radical (unpaired) electrons. The van der Waals surface area contributed by atoms with E-state index < -0.39 is 0 Å². The lowest BCUT2D eigenvalue weighted by Crippen LogP contribution is -2.01. The number of nitro benzene ring substituents is 1. The zero-order valence-corrected chi connectivity index (χ0v) is 20.6. The van der Waals surface area contributed by atoms with Crippen LogP contribution in [-0.4, -0.2) is 9.49 Å². The first-order valence-corrected chi connectivity index (χ1v) is 12.5. The standard InChI is InChI=1S/C34H24N2O2/c37-36(38)30-23-13-22-29(24-30)35-33(27-18-9-3-10-19-27)31(25-14-5-1-6-15-25)32(26-16-7-2-8-17-26)34(35)28-20-11-4-12-21-28/h1-24H. The molecular formula is C34H24N2O2. The third kappa shape index (κ3) is 4.18. The van der Waals surface area contributed by atoms with Crippen molar-refractivity contribution in [2.24, 2.45) is 0 Å². The molecule has 0 fully saturated rings. The monoisotopic (exact) mass is 492 g/mol. The fourth-order valence-corrected chi connectivity index (χ4v) is 5.09. The minimum Gasteiger partial charge on any atom is -0.308 e. The summed E-state index contributed by atoms with van der Waals surface area (Å²) in [6.45, 7) is 0. The number of non-ortho nitro benzene ring substituents is 1. The summed E-state index contributed by atoms with van der Waals surface area (Å²) in [5, 5.41) is 11.8. The second kappa shape index (κ2) is 10.0. The lowest BCUT2D eigenvalue weighted by atomic mass is 9.91. The van der Waals surface area contributed by atoms with Crippen LogP contribution in [0.5, 0.6) is 0 Å². The largest absolute Gasteiger partial charge is 0.308 e.